The lowest BCUT2D eigenvalue weighted by atomic mass is 10.1. The van der Waals surface area contributed by atoms with Crippen LogP contribution >= 0.6 is 0 Å². The van der Waals surface area contributed by atoms with Gasteiger partial charge in [-0.25, -0.2) is 4.98 Å². The van der Waals surface area contributed by atoms with Gasteiger partial charge in [0, 0.05) is 24.8 Å². The van der Waals surface area contributed by atoms with Crippen molar-refractivity contribution in [2.45, 2.75) is 6.04 Å². The molecule has 0 aromatic carbocycles. The molecular weight excluding hydrogens is 192 g/mol. The molecule has 2 heterocycles. The van der Waals surface area contributed by atoms with E-state index >= 15 is 0 Å². The maximum Gasteiger partial charge on any atom is 0.245 e. The summed E-state index contributed by atoms with van der Waals surface area (Å²) >= 11 is 0. The van der Waals surface area contributed by atoms with Crippen LogP contribution in [0.3, 0.4) is 0 Å². The van der Waals surface area contributed by atoms with E-state index in [1.807, 2.05) is 0 Å². The zero-order chi connectivity index (χ0) is 10.7. The predicted molar refractivity (Wildman–Crippen MR) is 53.8 cm³/mol. The first-order valence-corrected chi connectivity index (χ1v) is 4.45. The highest BCUT2D eigenvalue weighted by Gasteiger charge is 2.18. The van der Waals surface area contributed by atoms with Gasteiger partial charge in [-0.3, -0.25) is 9.78 Å². The van der Waals surface area contributed by atoms with Crippen LogP contribution in [-0.2, 0) is 4.79 Å². The van der Waals surface area contributed by atoms with E-state index in [1.165, 1.54) is 0 Å². The Balaban J connectivity index is 2.42. The van der Waals surface area contributed by atoms with E-state index in [0.717, 1.165) is 5.56 Å². The van der Waals surface area contributed by atoms with Crippen molar-refractivity contribution >= 4 is 5.91 Å². The Morgan fingerprint density at radius 3 is 2.53 bits per heavy atom. The van der Waals surface area contributed by atoms with Crippen molar-refractivity contribution in [2.24, 2.45) is 5.73 Å². The number of hydrogen-bond acceptors (Lipinski definition) is 3. The first-order chi connectivity index (χ1) is 7.29. The Labute approximate surface area is 86.6 Å². The van der Waals surface area contributed by atoms with Gasteiger partial charge in [0.1, 0.15) is 6.04 Å². The van der Waals surface area contributed by atoms with Crippen LogP contribution in [0.15, 0.2) is 43.2 Å². The molecule has 0 radical (unpaired) electrons. The highest BCUT2D eigenvalue weighted by Crippen LogP contribution is 2.16. The van der Waals surface area contributed by atoms with Crippen LogP contribution < -0.4 is 5.73 Å². The van der Waals surface area contributed by atoms with E-state index in [1.54, 1.807) is 47.8 Å². The fourth-order valence-corrected chi connectivity index (χ4v) is 1.45. The predicted octanol–water partition coefficient (Wildman–Crippen LogP) is 0.353. The lowest BCUT2D eigenvalue weighted by molar-refractivity contribution is -0.120. The Bertz CT molecular complexity index is 438. The Hall–Kier alpha value is -2.17. The number of aromatic nitrogens is 3. The van der Waals surface area contributed by atoms with Crippen LogP contribution in [0.5, 0.6) is 0 Å². The van der Waals surface area contributed by atoms with E-state index in [0.29, 0.717) is 0 Å². The van der Waals surface area contributed by atoms with Crippen molar-refractivity contribution in [1.82, 2.24) is 14.5 Å². The molecule has 2 rings (SSSR count). The normalized spacial score (nSPS) is 12.3. The fourth-order valence-electron chi connectivity index (χ4n) is 1.45. The minimum atomic E-state index is -0.518. The lowest BCUT2D eigenvalue weighted by Crippen LogP contribution is -2.26. The Kier molecular flexibility index (Phi) is 2.45. The van der Waals surface area contributed by atoms with Crippen molar-refractivity contribution in [3.63, 3.8) is 0 Å². The SMILES string of the molecule is NC(=O)C(c1ccncc1)n1ccnc1. The molecule has 0 aliphatic heterocycles. The second-order valence-corrected chi connectivity index (χ2v) is 3.10. The third-order valence-electron chi connectivity index (χ3n) is 2.11. The molecule has 2 aromatic heterocycles. The van der Waals surface area contributed by atoms with E-state index in [2.05, 4.69) is 9.97 Å². The van der Waals surface area contributed by atoms with Gasteiger partial charge in [-0.2, -0.15) is 0 Å². The number of imidazole rings is 1. The number of nitrogens with two attached hydrogens (primary N) is 1. The summed E-state index contributed by atoms with van der Waals surface area (Å²) in [6.45, 7) is 0. The van der Waals surface area contributed by atoms with E-state index in [4.69, 9.17) is 5.73 Å². The number of rotatable bonds is 3. The van der Waals surface area contributed by atoms with Gasteiger partial charge in [0.2, 0.25) is 5.91 Å². The molecule has 0 bridgehead atoms. The molecule has 0 saturated heterocycles. The smallest absolute Gasteiger partial charge is 0.245 e. The summed E-state index contributed by atoms with van der Waals surface area (Å²) in [5.41, 5.74) is 6.15. The van der Waals surface area contributed by atoms with Crippen molar-refractivity contribution in [2.75, 3.05) is 0 Å². The molecule has 1 atom stereocenters. The van der Waals surface area contributed by atoms with E-state index < -0.39 is 11.9 Å². The minimum Gasteiger partial charge on any atom is -0.368 e. The van der Waals surface area contributed by atoms with Crippen LogP contribution in [0.1, 0.15) is 11.6 Å². The van der Waals surface area contributed by atoms with Gasteiger partial charge in [-0.05, 0) is 17.7 Å². The number of nitrogens with zero attached hydrogens (tertiary/aromatic N) is 3. The molecule has 5 nitrogen and oxygen atoms in total. The molecule has 15 heavy (non-hydrogen) atoms. The molecule has 1 unspecified atom stereocenters. The standard InChI is InChI=1S/C10H10N4O/c11-10(15)9(14-6-5-13-7-14)8-1-3-12-4-2-8/h1-7,9H,(H2,11,15). The molecular formula is C10H10N4O. The topological polar surface area (TPSA) is 73.8 Å². The number of carbonyl (C=O) groups is 1. The second-order valence-electron chi connectivity index (χ2n) is 3.10. The van der Waals surface area contributed by atoms with Gasteiger partial charge in [-0.15, -0.1) is 0 Å². The van der Waals surface area contributed by atoms with Crippen molar-refractivity contribution in [3.8, 4) is 0 Å². The lowest BCUT2D eigenvalue weighted by Gasteiger charge is -2.14. The average Bonchev–Trinajstić information content (AvgIpc) is 2.72. The van der Waals surface area contributed by atoms with Gasteiger partial charge in [-0.1, -0.05) is 0 Å². The zero-order valence-corrected chi connectivity index (χ0v) is 7.95. The fraction of sp³-hybridized carbons (Fsp3) is 0.100. The van der Waals surface area contributed by atoms with Gasteiger partial charge in [0.05, 0.1) is 6.33 Å². The van der Waals surface area contributed by atoms with Gasteiger partial charge < -0.3 is 10.3 Å². The maximum atomic E-state index is 11.4. The largest absolute Gasteiger partial charge is 0.368 e. The van der Waals surface area contributed by atoms with Gasteiger partial charge in [0.15, 0.2) is 0 Å². The molecule has 76 valence electrons. The summed E-state index contributed by atoms with van der Waals surface area (Å²) in [5.74, 6) is -0.417. The van der Waals surface area contributed by atoms with Crippen LogP contribution in [0.4, 0.5) is 0 Å². The number of pyridine rings is 1. The number of primary amides is 1. The molecule has 0 aliphatic rings. The first-order valence-electron chi connectivity index (χ1n) is 4.45. The molecule has 0 fully saturated rings. The van der Waals surface area contributed by atoms with E-state index in [9.17, 15) is 4.79 Å². The van der Waals surface area contributed by atoms with Gasteiger partial charge in [0.25, 0.3) is 0 Å². The molecule has 1 amide bonds. The molecule has 0 spiro atoms. The number of hydrogen-bond donors (Lipinski definition) is 1. The first kappa shape index (κ1) is 9.39. The Morgan fingerprint density at radius 2 is 2.00 bits per heavy atom. The quantitative estimate of drug-likeness (QED) is 0.780. The molecule has 2 aromatic rings. The van der Waals surface area contributed by atoms with Crippen molar-refractivity contribution in [1.29, 1.82) is 0 Å². The zero-order valence-electron chi connectivity index (χ0n) is 7.95. The Morgan fingerprint density at radius 1 is 1.27 bits per heavy atom. The second kappa shape index (κ2) is 3.91. The third kappa shape index (κ3) is 1.85. The molecule has 0 aliphatic carbocycles. The summed E-state index contributed by atoms with van der Waals surface area (Å²) < 4.78 is 1.66. The minimum absolute atomic E-state index is 0.417. The molecule has 5 heteroatoms. The highest BCUT2D eigenvalue weighted by molar-refractivity contribution is 5.81. The van der Waals surface area contributed by atoms with Crippen LogP contribution in [0.25, 0.3) is 0 Å². The summed E-state index contributed by atoms with van der Waals surface area (Å²) in [6, 6.07) is 3.00. The number of amides is 1. The summed E-state index contributed by atoms with van der Waals surface area (Å²) in [5, 5.41) is 0. The average molecular weight is 202 g/mol. The highest BCUT2D eigenvalue weighted by atomic mass is 16.1. The van der Waals surface area contributed by atoms with Crippen molar-refractivity contribution in [3.05, 3.63) is 48.8 Å². The van der Waals surface area contributed by atoms with E-state index in [-0.39, 0.29) is 0 Å². The summed E-state index contributed by atoms with van der Waals surface area (Å²) in [4.78, 5) is 19.1. The van der Waals surface area contributed by atoms with Crippen LogP contribution in [0, 0.1) is 0 Å². The summed E-state index contributed by atoms with van der Waals surface area (Å²) in [6.07, 6.45) is 8.13. The monoisotopic (exact) mass is 202 g/mol. The van der Waals surface area contributed by atoms with Gasteiger partial charge >= 0.3 is 0 Å². The van der Waals surface area contributed by atoms with Crippen LogP contribution in [-0.4, -0.2) is 20.4 Å². The maximum absolute atomic E-state index is 11.4. The molecule has 0 saturated carbocycles. The number of carbonyl (C=O) groups excluding carboxylic acids is 1. The van der Waals surface area contributed by atoms with Crippen molar-refractivity contribution < 1.29 is 4.79 Å². The third-order valence-corrected chi connectivity index (χ3v) is 2.11. The molecule has 2 N–H and O–H groups in total. The van der Waals surface area contributed by atoms with Crippen LogP contribution in [0.2, 0.25) is 0 Å². The summed E-state index contributed by atoms with van der Waals surface area (Å²) in [7, 11) is 0.